The van der Waals surface area contributed by atoms with Crippen LogP contribution in [0.2, 0.25) is 0 Å². The van der Waals surface area contributed by atoms with E-state index in [1.165, 1.54) is 6.07 Å². The van der Waals surface area contributed by atoms with E-state index >= 15 is 0 Å². The summed E-state index contributed by atoms with van der Waals surface area (Å²) in [5, 5.41) is 0. The number of hydrogen-bond acceptors (Lipinski definition) is 3. The number of nitrogens with two attached hydrogens (primary N) is 1. The lowest BCUT2D eigenvalue weighted by atomic mass is 9.98. The van der Waals surface area contributed by atoms with Gasteiger partial charge < -0.3 is 15.2 Å². The quantitative estimate of drug-likeness (QED) is 0.918. The first-order valence-corrected chi connectivity index (χ1v) is 6.26. The van der Waals surface area contributed by atoms with E-state index in [-0.39, 0.29) is 0 Å². The SMILES string of the molecule is NC(c1ccc(F)c(F)c1)c1cccc2c1OCCO2. The second-order valence-corrected chi connectivity index (χ2v) is 4.52. The Bertz CT molecular complexity index is 646. The van der Waals surface area contributed by atoms with Gasteiger partial charge in [-0.1, -0.05) is 18.2 Å². The number of halogens is 2. The molecule has 104 valence electrons. The third-order valence-electron chi connectivity index (χ3n) is 3.23. The summed E-state index contributed by atoms with van der Waals surface area (Å²) in [4.78, 5) is 0. The van der Waals surface area contributed by atoms with Crippen molar-refractivity contribution in [2.75, 3.05) is 13.2 Å². The monoisotopic (exact) mass is 277 g/mol. The van der Waals surface area contributed by atoms with Gasteiger partial charge in [-0.3, -0.25) is 0 Å². The molecule has 20 heavy (non-hydrogen) atoms. The zero-order valence-electron chi connectivity index (χ0n) is 10.6. The van der Waals surface area contributed by atoms with Gasteiger partial charge >= 0.3 is 0 Å². The largest absolute Gasteiger partial charge is 0.486 e. The second-order valence-electron chi connectivity index (χ2n) is 4.52. The van der Waals surface area contributed by atoms with Crippen LogP contribution in [0.5, 0.6) is 11.5 Å². The van der Waals surface area contributed by atoms with E-state index < -0.39 is 17.7 Å². The predicted molar refractivity (Wildman–Crippen MR) is 69.8 cm³/mol. The minimum Gasteiger partial charge on any atom is -0.486 e. The average molecular weight is 277 g/mol. The molecule has 3 nitrogen and oxygen atoms in total. The van der Waals surface area contributed by atoms with E-state index in [2.05, 4.69) is 0 Å². The molecule has 1 unspecified atom stereocenters. The van der Waals surface area contributed by atoms with Crippen LogP contribution in [0.3, 0.4) is 0 Å². The van der Waals surface area contributed by atoms with Crippen molar-refractivity contribution in [1.29, 1.82) is 0 Å². The summed E-state index contributed by atoms with van der Waals surface area (Å²) < 4.78 is 37.3. The molecule has 2 aromatic carbocycles. The summed E-state index contributed by atoms with van der Waals surface area (Å²) in [6.45, 7) is 0.922. The highest BCUT2D eigenvalue weighted by Gasteiger charge is 2.21. The zero-order valence-corrected chi connectivity index (χ0v) is 10.6. The molecule has 1 atom stereocenters. The van der Waals surface area contributed by atoms with Gasteiger partial charge in [0.15, 0.2) is 23.1 Å². The third kappa shape index (κ3) is 2.20. The first-order chi connectivity index (χ1) is 9.66. The first-order valence-electron chi connectivity index (χ1n) is 6.26. The van der Waals surface area contributed by atoms with Crippen molar-refractivity contribution in [3.05, 3.63) is 59.2 Å². The average Bonchev–Trinajstić information content (AvgIpc) is 2.49. The van der Waals surface area contributed by atoms with Crippen LogP contribution >= 0.6 is 0 Å². The Kier molecular flexibility index (Phi) is 3.28. The first kappa shape index (κ1) is 12.9. The lowest BCUT2D eigenvalue weighted by Gasteiger charge is -2.23. The molecule has 0 aliphatic carbocycles. The number of ether oxygens (including phenoxy) is 2. The van der Waals surface area contributed by atoms with Crippen LogP contribution in [0.15, 0.2) is 36.4 Å². The zero-order chi connectivity index (χ0) is 14.1. The molecule has 2 N–H and O–H groups in total. The van der Waals surface area contributed by atoms with Crippen LogP contribution in [0, 0.1) is 11.6 Å². The van der Waals surface area contributed by atoms with Crippen molar-refractivity contribution in [2.45, 2.75) is 6.04 Å². The van der Waals surface area contributed by atoms with E-state index in [0.717, 1.165) is 12.1 Å². The fourth-order valence-electron chi connectivity index (χ4n) is 2.23. The molecular formula is C15H13F2NO2. The maximum atomic E-state index is 13.3. The molecule has 1 aliphatic rings. The molecular weight excluding hydrogens is 264 g/mol. The Hall–Kier alpha value is -2.14. The molecule has 0 bridgehead atoms. The van der Waals surface area contributed by atoms with E-state index in [0.29, 0.717) is 35.8 Å². The Morgan fingerprint density at radius 3 is 2.60 bits per heavy atom. The van der Waals surface area contributed by atoms with Crippen LogP contribution in [0.1, 0.15) is 17.2 Å². The summed E-state index contributed by atoms with van der Waals surface area (Å²) in [6, 6.07) is 8.39. The Morgan fingerprint density at radius 2 is 1.80 bits per heavy atom. The van der Waals surface area contributed by atoms with Crippen molar-refractivity contribution in [3.8, 4) is 11.5 Å². The number of fused-ring (bicyclic) bond motifs is 1. The second kappa shape index (κ2) is 5.09. The maximum Gasteiger partial charge on any atom is 0.166 e. The minimum absolute atomic E-state index is 0.439. The lowest BCUT2D eigenvalue weighted by molar-refractivity contribution is 0.169. The Balaban J connectivity index is 2.02. The minimum atomic E-state index is -0.917. The lowest BCUT2D eigenvalue weighted by Crippen LogP contribution is -2.20. The number of hydrogen-bond donors (Lipinski definition) is 1. The van der Waals surface area contributed by atoms with Crippen LogP contribution in [-0.4, -0.2) is 13.2 Å². The molecule has 3 rings (SSSR count). The van der Waals surface area contributed by atoms with Gasteiger partial charge in [0.2, 0.25) is 0 Å². The topological polar surface area (TPSA) is 44.5 Å². The number of para-hydroxylation sites is 1. The van der Waals surface area contributed by atoms with Gasteiger partial charge in [-0.25, -0.2) is 8.78 Å². The van der Waals surface area contributed by atoms with E-state index in [4.69, 9.17) is 15.2 Å². The fraction of sp³-hybridized carbons (Fsp3) is 0.200. The van der Waals surface area contributed by atoms with Crippen LogP contribution in [-0.2, 0) is 0 Å². The molecule has 0 spiro atoms. The van der Waals surface area contributed by atoms with Crippen molar-refractivity contribution in [2.24, 2.45) is 5.73 Å². The standard InChI is InChI=1S/C15H13F2NO2/c16-11-5-4-9(8-12(11)17)14(18)10-2-1-3-13-15(10)20-7-6-19-13/h1-5,8,14H,6-7,18H2. The van der Waals surface area contributed by atoms with E-state index in [1.54, 1.807) is 18.2 Å². The van der Waals surface area contributed by atoms with E-state index in [9.17, 15) is 8.78 Å². The highest BCUT2D eigenvalue weighted by atomic mass is 19.2. The molecule has 0 fully saturated rings. The highest BCUT2D eigenvalue weighted by Crippen LogP contribution is 2.38. The van der Waals surface area contributed by atoms with Crippen molar-refractivity contribution >= 4 is 0 Å². The van der Waals surface area contributed by atoms with Gasteiger partial charge in [0.1, 0.15) is 13.2 Å². The van der Waals surface area contributed by atoms with Gasteiger partial charge in [0.05, 0.1) is 6.04 Å². The molecule has 0 saturated carbocycles. The molecule has 1 heterocycles. The smallest absolute Gasteiger partial charge is 0.166 e. The summed E-state index contributed by atoms with van der Waals surface area (Å²) in [5.74, 6) is -0.627. The highest BCUT2D eigenvalue weighted by molar-refractivity contribution is 5.51. The van der Waals surface area contributed by atoms with E-state index in [1.807, 2.05) is 0 Å². The van der Waals surface area contributed by atoms with Crippen molar-refractivity contribution in [3.63, 3.8) is 0 Å². The number of rotatable bonds is 2. The third-order valence-corrected chi connectivity index (χ3v) is 3.23. The normalized spacial score (nSPS) is 14.9. The van der Waals surface area contributed by atoms with Gasteiger partial charge in [0, 0.05) is 5.56 Å². The molecule has 2 aromatic rings. The fourth-order valence-corrected chi connectivity index (χ4v) is 2.23. The number of benzene rings is 2. The molecule has 0 aromatic heterocycles. The predicted octanol–water partition coefficient (Wildman–Crippen LogP) is 2.78. The summed E-state index contributed by atoms with van der Waals surface area (Å²) >= 11 is 0. The Morgan fingerprint density at radius 1 is 1.00 bits per heavy atom. The van der Waals surface area contributed by atoms with Crippen LogP contribution < -0.4 is 15.2 Å². The van der Waals surface area contributed by atoms with Crippen molar-refractivity contribution < 1.29 is 18.3 Å². The summed E-state index contributed by atoms with van der Waals surface area (Å²) in [7, 11) is 0. The maximum absolute atomic E-state index is 13.3. The summed E-state index contributed by atoms with van der Waals surface area (Å²) in [5.41, 5.74) is 7.30. The Labute approximate surface area is 114 Å². The van der Waals surface area contributed by atoms with Gasteiger partial charge in [0.25, 0.3) is 0 Å². The van der Waals surface area contributed by atoms with Gasteiger partial charge in [-0.2, -0.15) is 0 Å². The molecule has 0 saturated heterocycles. The van der Waals surface area contributed by atoms with Crippen LogP contribution in [0.4, 0.5) is 8.78 Å². The van der Waals surface area contributed by atoms with Crippen molar-refractivity contribution in [1.82, 2.24) is 0 Å². The van der Waals surface area contributed by atoms with Crippen LogP contribution in [0.25, 0.3) is 0 Å². The molecule has 0 radical (unpaired) electrons. The molecule has 5 heteroatoms. The van der Waals surface area contributed by atoms with Gasteiger partial charge in [-0.05, 0) is 23.8 Å². The molecule has 1 aliphatic heterocycles. The van der Waals surface area contributed by atoms with Gasteiger partial charge in [-0.15, -0.1) is 0 Å². The summed E-state index contributed by atoms with van der Waals surface area (Å²) in [6.07, 6.45) is 0. The molecule has 0 amide bonds.